The highest BCUT2D eigenvalue weighted by molar-refractivity contribution is 5.97. The number of hydrogen-bond acceptors (Lipinski definition) is 5. The average molecular weight is 323 g/mol. The van der Waals surface area contributed by atoms with Crippen LogP contribution in [0.25, 0.3) is 0 Å². The Labute approximate surface area is 134 Å². The Hall–Kier alpha value is -2.48. The largest absolute Gasteiger partial charge is 0.493 e. The molecule has 126 valence electrons. The van der Waals surface area contributed by atoms with E-state index in [1.807, 2.05) is 0 Å². The Morgan fingerprint density at radius 3 is 2.74 bits per heavy atom. The first-order valence-corrected chi connectivity index (χ1v) is 7.26. The molecule has 1 aliphatic rings. The van der Waals surface area contributed by atoms with Gasteiger partial charge in [-0.15, -0.1) is 0 Å². The summed E-state index contributed by atoms with van der Waals surface area (Å²) in [6, 6.07) is 4.55. The van der Waals surface area contributed by atoms with Crippen molar-refractivity contribution in [1.29, 1.82) is 0 Å². The number of nitrogens with one attached hydrogen (secondary N) is 2. The molecule has 0 saturated carbocycles. The lowest BCUT2D eigenvalue weighted by Gasteiger charge is -2.19. The summed E-state index contributed by atoms with van der Waals surface area (Å²) in [5, 5.41) is 13.9. The van der Waals surface area contributed by atoms with Crippen LogP contribution in [-0.2, 0) is 4.79 Å². The summed E-state index contributed by atoms with van der Waals surface area (Å²) in [5.41, 5.74) is 0.688. The van der Waals surface area contributed by atoms with Crippen molar-refractivity contribution in [2.24, 2.45) is 0 Å². The second kappa shape index (κ2) is 7.68. The molecule has 3 amide bonds. The van der Waals surface area contributed by atoms with Gasteiger partial charge in [0.05, 0.1) is 26.9 Å². The molecule has 0 bridgehead atoms. The van der Waals surface area contributed by atoms with E-state index in [0.29, 0.717) is 23.7 Å². The third-order valence-corrected chi connectivity index (χ3v) is 3.54. The molecule has 1 saturated heterocycles. The Bertz CT molecular complexity index is 578. The predicted molar refractivity (Wildman–Crippen MR) is 83.9 cm³/mol. The molecule has 1 fully saturated rings. The fraction of sp³-hybridized carbons (Fsp3) is 0.467. The number of amides is 3. The van der Waals surface area contributed by atoms with Crippen LogP contribution in [0.4, 0.5) is 10.5 Å². The summed E-state index contributed by atoms with van der Waals surface area (Å²) in [4.78, 5) is 25.4. The quantitative estimate of drug-likeness (QED) is 0.689. The van der Waals surface area contributed by atoms with Crippen LogP contribution in [0, 0.1) is 0 Å². The van der Waals surface area contributed by atoms with Crippen molar-refractivity contribution in [3.8, 4) is 11.5 Å². The second-order valence-corrected chi connectivity index (χ2v) is 5.07. The van der Waals surface area contributed by atoms with Crippen LogP contribution in [-0.4, -0.2) is 57.0 Å². The molecule has 1 aromatic carbocycles. The fourth-order valence-corrected chi connectivity index (χ4v) is 2.45. The maximum atomic E-state index is 12.2. The van der Waals surface area contributed by atoms with E-state index in [2.05, 4.69) is 10.6 Å². The summed E-state index contributed by atoms with van der Waals surface area (Å²) in [6.45, 7) is 0.418. The van der Waals surface area contributed by atoms with Crippen molar-refractivity contribution < 1.29 is 24.2 Å². The number of carbonyl (C=O) groups is 2. The Morgan fingerprint density at radius 2 is 2.09 bits per heavy atom. The first-order valence-electron chi connectivity index (χ1n) is 7.26. The van der Waals surface area contributed by atoms with Crippen molar-refractivity contribution in [1.82, 2.24) is 10.6 Å². The van der Waals surface area contributed by atoms with E-state index in [1.165, 1.54) is 7.11 Å². The minimum absolute atomic E-state index is 0.0790. The van der Waals surface area contributed by atoms with Gasteiger partial charge < -0.3 is 30.1 Å². The number of ether oxygens (including phenoxy) is 2. The van der Waals surface area contributed by atoms with Crippen LogP contribution >= 0.6 is 0 Å². The highest BCUT2D eigenvalue weighted by atomic mass is 16.5. The Kier molecular flexibility index (Phi) is 5.64. The molecule has 8 nitrogen and oxygen atoms in total. The number of urea groups is 1. The molecule has 0 aliphatic carbocycles. The van der Waals surface area contributed by atoms with Crippen molar-refractivity contribution >= 4 is 17.6 Å². The summed E-state index contributed by atoms with van der Waals surface area (Å²) < 4.78 is 10.4. The van der Waals surface area contributed by atoms with Crippen LogP contribution < -0.4 is 25.0 Å². The predicted octanol–water partition coefficient (Wildman–Crippen LogP) is 0.101. The van der Waals surface area contributed by atoms with E-state index in [4.69, 9.17) is 14.6 Å². The zero-order valence-corrected chi connectivity index (χ0v) is 13.2. The van der Waals surface area contributed by atoms with Crippen molar-refractivity contribution in [2.45, 2.75) is 12.5 Å². The smallest absolute Gasteiger partial charge is 0.315 e. The zero-order valence-electron chi connectivity index (χ0n) is 13.2. The lowest BCUT2D eigenvalue weighted by Crippen LogP contribution is -2.44. The monoisotopic (exact) mass is 323 g/mol. The molecule has 8 heteroatoms. The van der Waals surface area contributed by atoms with E-state index in [1.54, 1.807) is 30.2 Å². The van der Waals surface area contributed by atoms with Gasteiger partial charge in [0.2, 0.25) is 5.91 Å². The number of hydrogen-bond donors (Lipinski definition) is 3. The van der Waals surface area contributed by atoms with Crippen molar-refractivity contribution in [2.75, 3.05) is 38.8 Å². The van der Waals surface area contributed by atoms with Gasteiger partial charge in [0.15, 0.2) is 11.5 Å². The summed E-state index contributed by atoms with van der Waals surface area (Å²) in [6.07, 6.45) is 0.223. The number of nitrogens with zero attached hydrogens (tertiary/aromatic N) is 1. The molecular formula is C15H21N3O5. The molecule has 23 heavy (non-hydrogen) atoms. The summed E-state index contributed by atoms with van der Waals surface area (Å²) in [5.74, 6) is 1.04. The molecule has 1 atom stereocenters. The van der Waals surface area contributed by atoms with E-state index in [0.717, 1.165) is 0 Å². The van der Waals surface area contributed by atoms with E-state index < -0.39 is 6.03 Å². The molecule has 1 aromatic rings. The first kappa shape index (κ1) is 16.9. The number of anilines is 1. The molecule has 2 rings (SSSR count). The topological polar surface area (TPSA) is 100 Å². The summed E-state index contributed by atoms with van der Waals surface area (Å²) in [7, 11) is 3.08. The SMILES string of the molecule is COc1ccc(N2C[C@H](NC(=O)NCCO)CC2=O)cc1OC. The van der Waals surface area contributed by atoms with Crippen LogP contribution in [0.1, 0.15) is 6.42 Å². The van der Waals surface area contributed by atoms with Crippen molar-refractivity contribution in [3.63, 3.8) is 0 Å². The lowest BCUT2D eigenvalue weighted by molar-refractivity contribution is -0.117. The highest BCUT2D eigenvalue weighted by Crippen LogP contribution is 2.33. The van der Waals surface area contributed by atoms with Crippen LogP contribution in [0.15, 0.2) is 18.2 Å². The van der Waals surface area contributed by atoms with Crippen molar-refractivity contribution in [3.05, 3.63) is 18.2 Å². The molecule has 0 unspecified atom stereocenters. The van der Waals surface area contributed by atoms with Crippen LogP contribution in [0.2, 0.25) is 0 Å². The molecule has 3 N–H and O–H groups in total. The zero-order chi connectivity index (χ0) is 16.8. The molecule has 0 spiro atoms. The lowest BCUT2D eigenvalue weighted by atomic mass is 10.2. The van der Waals surface area contributed by atoms with E-state index >= 15 is 0 Å². The van der Waals surface area contributed by atoms with Crippen LogP contribution in [0.3, 0.4) is 0 Å². The van der Waals surface area contributed by atoms with Gasteiger partial charge in [-0.25, -0.2) is 4.79 Å². The van der Waals surface area contributed by atoms with Gasteiger partial charge in [-0.1, -0.05) is 0 Å². The normalized spacial score (nSPS) is 17.1. The van der Waals surface area contributed by atoms with E-state index in [-0.39, 0.29) is 31.5 Å². The Morgan fingerprint density at radius 1 is 1.35 bits per heavy atom. The molecule has 1 heterocycles. The number of aliphatic hydroxyl groups excluding tert-OH is 1. The highest BCUT2D eigenvalue weighted by Gasteiger charge is 2.32. The average Bonchev–Trinajstić information content (AvgIpc) is 2.92. The second-order valence-electron chi connectivity index (χ2n) is 5.07. The number of benzene rings is 1. The first-order chi connectivity index (χ1) is 11.1. The molecule has 1 aliphatic heterocycles. The standard InChI is InChI=1S/C15H21N3O5/c1-22-12-4-3-11(8-13(12)23-2)18-9-10(7-14(18)20)17-15(21)16-5-6-19/h3-4,8,10,19H,5-7,9H2,1-2H3,(H2,16,17,21)/t10-/m1/s1. The van der Waals surface area contributed by atoms with E-state index in [9.17, 15) is 9.59 Å². The minimum atomic E-state index is -0.397. The van der Waals surface area contributed by atoms with Gasteiger partial charge in [-0.3, -0.25) is 4.79 Å². The van der Waals surface area contributed by atoms with Gasteiger partial charge in [-0.2, -0.15) is 0 Å². The van der Waals surface area contributed by atoms with Gasteiger partial charge >= 0.3 is 6.03 Å². The number of rotatable bonds is 6. The van der Waals surface area contributed by atoms with Gasteiger partial charge in [0.1, 0.15) is 0 Å². The van der Waals surface area contributed by atoms with Gasteiger partial charge in [0, 0.05) is 31.3 Å². The maximum Gasteiger partial charge on any atom is 0.315 e. The summed E-state index contributed by atoms with van der Waals surface area (Å²) >= 11 is 0. The minimum Gasteiger partial charge on any atom is -0.493 e. The maximum absolute atomic E-state index is 12.2. The molecule has 0 radical (unpaired) electrons. The number of carbonyl (C=O) groups excluding carboxylic acids is 2. The van der Waals surface area contributed by atoms with Crippen LogP contribution in [0.5, 0.6) is 11.5 Å². The Balaban J connectivity index is 2.04. The van der Waals surface area contributed by atoms with Gasteiger partial charge in [0.25, 0.3) is 0 Å². The number of methoxy groups -OCH3 is 2. The van der Waals surface area contributed by atoms with Gasteiger partial charge in [-0.05, 0) is 12.1 Å². The third kappa shape index (κ3) is 4.04. The third-order valence-electron chi connectivity index (χ3n) is 3.54. The molecular weight excluding hydrogens is 302 g/mol. The number of aliphatic hydroxyl groups is 1. The molecule has 0 aromatic heterocycles. The fourth-order valence-electron chi connectivity index (χ4n) is 2.45.